The summed E-state index contributed by atoms with van der Waals surface area (Å²) in [5.41, 5.74) is 1.87. The summed E-state index contributed by atoms with van der Waals surface area (Å²) in [6, 6.07) is 13.0. The van der Waals surface area contributed by atoms with Gasteiger partial charge in [0.05, 0.1) is 16.3 Å². The van der Waals surface area contributed by atoms with Crippen LogP contribution in [0.5, 0.6) is 0 Å². The minimum Gasteiger partial charge on any atom is -0.195 e. The lowest BCUT2D eigenvalue weighted by atomic mass is 10.2. The maximum absolute atomic E-state index is 6.16. The van der Waals surface area contributed by atoms with Crippen molar-refractivity contribution in [3.05, 3.63) is 75.0 Å². The van der Waals surface area contributed by atoms with Crippen LogP contribution in [0.4, 0.5) is 0 Å². The van der Waals surface area contributed by atoms with Crippen molar-refractivity contribution in [1.82, 2.24) is 14.9 Å². The zero-order valence-electron chi connectivity index (χ0n) is 12.2. The maximum Gasteiger partial charge on any atom is 0.212 e. The summed E-state index contributed by atoms with van der Waals surface area (Å²) in [6.07, 6.45) is 3.22. The van der Waals surface area contributed by atoms with Crippen molar-refractivity contribution < 1.29 is 0 Å². The van der Waals surface area contributed by atoms with E-state index in [4.69, 9.17) is 34.8 Å². The predicted octanol–water partition coefficient (Wildman–Crippen LogP) is 5.41. The molecule has 122 valence electrons. The molecule has 24 heavy (non-hydrogen) atoms. The molecular weight excluding hydrogens is 387 g/mol. The van der Waals surface area contributed by atoms with E-state index in [1.807, 2.05) is 30.3 Å². The fraction of sp³-hybridized carbons (Fsp3) is 0.0625. The second-order valence-corrected chi connectivity index (χ2v) is 6.92. The molecule has 0 atom stereocenters. The zero-order valence-corrected chi connectivity index (χ0v) is 15.3. The van der Waals surface area contributed by atoms with Gasteiger partial charge in [-0.3, -0.25) is 0 Å². The molecule has 0 saturated carbocycles. The monoisotopic (exact) mass is 396 g/mol. The molecule has 4 nitrogen and oxygen atoms in total. The van der Waals surface area contributed by atoms with Crippen LogP contribution in [0.3, 0.4) is 0 Å². The van der Waals surface area contributed by atoms with Gasteiger partial charge in [0.1, 0.15) is 6.33 Å². The first-order chi connectivity index (χ1) is 11.6. The number of aromatic nitrogens is 3. The molecule has 1 heterocycles. The highest BCUT2D eigenvalue weighted by Crippen LogP contribution is 2.25. The SMILES string of the molecule is Clc1ccc(/C=N\n2cnnc2SCc2ccccc2Cl)cc1Cl. The quantitative estimate of drug-likeness (QED) is 0.427. The van der Waals surface area contributed by atoms with Gasteiger partial charge in [0.15, 0.2) is 0 Å². The molecule has 3 rings (SSSR count). The molecule has 0 fully saturated rings. The van der Waals surface area contributed by atoms with Crippen molar-refractivity contribution in [2.45, 2.75) is 10.9 Å². The van der Waals surface area contributed by atoms with E-state index in [9.17, 15) is 0 Å². The molecule has 0 aliphatic heterocycles. The molecule has 1 aromatic heterocycles. The average Bonchev–Trinajstić information content (AvgIpc) is 3.03. The number of nitrogens with zero attached hydrogens (tertiary/aromatic N) is 4. The van der Waals surface area contributed by atoms with E-state index in [-0.39, 0.29) is 0 Å². The van der Waals surface area contributed by atoms with E-state index in [1.165, 1.54) is 11.8 Å². The van der Waals surface area contributed by atoms with Gasteiger partial charge in [-0.2, -0.15) is 9.78 Å². The van der Waals surface area contributed by atoms with Gasteiger partial charge in [0.2, 0.25) is 5.16 Å². The number of halogens is 3. The summed E-state index contributed by atoms with van der Waals surface area (Å²) in [7, 11) is 0. The third kappa shape index (κ3) is 4.30. The van der Waals surface area contributed by atoms with E-state index < -0.39 is 0 Å². The van der Waals surface area contributed by atoms with Gasteiger partial charge in [-0.1, -0.05) is 70.8 Å². The number of hydrogen-bond acceptors (Lipinski definition) is 4. The van der Waals surface area contributed by atoms with Gasteiger partial charge >= 0.3 is 0 Å². The molecule has 0 N–H and O–H groups in total. The molecule has 0 radical (unpaired) electrons. The van der Waals surface area contributed by atoms with E-state index in [2.05, 4.69) is 15.3 Å². The number of thioether (sulfide) groups is 1. The van der Waals surface area contributed by atoms with Crippen LogP contribution in [0.1, 0.15) is 11.1 Å². The molecule has 3 aromatic rings. The first-order valence-corrected chi connectivity index (χ1v) is 9.01. The highest BCUT2D eigenvalue weighted by Gasteiger charge is 2.06. The molecule has 0 spiro atoms. The lowest BCUT2D eigenvalue weighted by molar-refractivity contribution is 0.767. The minimum atomic E-state index is 0.484. The molecule has 0 unspecified atom stereocenters. The normalized spacial score (nSPS) is 11.3. The summed E-state index contributed by atoms with van der Waals surface area (Å²) < 4.78 is 1.60. The fourth-order valence-electron chi connectivity index (χ4n) is 1.87. The predicted molar refractivity (Wildman–Crippen MR) is 100 cm³/mol. The van der Waals surface area contributed by atoms with Crippen molar-refractivity contribution in [2.24, 2.45) is 5.10 Å². The Balaban J connectivity index is 1.72. The smallest absolute Gasteiger partial charge is 0.195 e. The molecule has 0 amide bonds. The van der Waals surface area contributed by atoms with Crippen LogP contribution in [-0.4, -0.2) is 21.1 Å². The van der Waals surface area contributed by atoms with Gasteiger partial charge in [-0.05, 0) is 29.3 Å². The van der Waals surface area contributed by atoms with E-state index in [0.29, 0.717) is 21.0 Å². The topological polar surface area (TPSA) is 43.1 Å². The van der Waals surface area contributed by atoms with Crippen LogP contribution in [0.2, 0.25) is 15.1 Å². The molecule has 2 aromatic carbocycles. The Morgan fingerprint density at radius 3 is 2.67 bits per heavy atom. The van der Waals surface area contributed by atoms with Gasteiger partial charge in [-0.25, -0.2) is 0 Å². The molecule has 0 aliphatic carbocycles. The standard InChI is InChI=1S/C16H11Cl3N4S/c17-13-4-2-1-3-12(13)9-24-16-22-20-10-23(16)21-8-11-5-6-14(18)15(19)7-11/h1-8,10H,9H2/b21-8-. The zero-order chi connectivity index (χ0) is 16.9. The Labute approximate surface area is 158 Å². The molecule has 8 heteroatoms. The summed E-state index contributed by atoms with van der Waals surface area (Å²) in [6.45, 7) is 0. The highest BCUT2D eigenvalue weighted by atomic mass is 35.5. The van der Waals surface area contributed by atoms with Crippen LogP contribution in [-0.2, 0) is 5.75 Å². The third-order valence-electron chi connectivity index (χ3n) is 3.09. The summed E-state index contributed by atoms with van der Waals surface area (Å²) in [5.74, 6) is 0.681. The fourth-order valence-corrected chi connectivity index (χ4v) is 3.33. The van der Waals surface area contributed by atoms with E-state index in [1.54, 1.807) is 29.4 Å². The lowest BCUT2D eigenvalue weighted by Gasteiger charge is -2.03. The Kier molecular flexibility index (Phi) is 5.79. The molecule has 0 bridgehead atoms. The van der Waals surface area contributed by atoms with Gasteiger partial charge in [0, 0.05) is 10.8 Å². The van der Waals surface area contributed by atoms with Gasteiger partial charge in [-0.15, -0.1) is 10.2 Å². The number of rotatable bonds is 5. The van der Waals surface area contributed by atoms with Crippen molar-refractivity contribution in [3.63, 3.8) is 0 Å². The summed E-state index contributed by atoms with van der Waals surface area (Å²) in [5, 5.41) is 14.7. The Morgan fingerprint density at radius 1 is 1.04 bits per heavy atom. The van der Waals surface area contributed by atoms with Gasteiger partial charge in [0.25, 0.3) is 0 Å². The van der Waals surface area contributed by atoms with Gasteiger partial charge < -0.3 is 0 Å². The molecule has 0 saturated heterocycles. The van der Waals surface area contributed by atoms with Crippen LogP contribution in [0.15, 0.2) is 59.0 Å². The largest absolute Gasteiger partial charge is 0.212 e. The number of benzene rings is 2. The Hall–Kier alpha value is -1.53. The lowest BCUT2D eigenvalue weighted by Crippen LogP contribution is -1.93. The second-order valence-electron chi connectivity index (χ2n) is 4.76. The molecule has 0 aliphatic rings. The number of hydrogen-bond donors (Lipinski definition) is 0. The van der Waals surface area contributed by atoms with Crippen molar-refractivity contribution >= 4 is 52.8 Å². The van der Waals surface area contributed by atoms with E-state index in [0.717, 1.165) is 16.1 Å². The molecular formula is C16H11Cl3N4S. The van der Waals surface area contributed by atoms with Crippen LogP contribution in [0.25, 0.3) is 0 Å². The second kappa shape index (κ2) is 8.03. The third-order valence-corrected chi connectivity index (χ3v) is 5.18. The van der Waals surface area contributed by atoms with Crippen LogP contribution < -0.4 is 0 Å². The average molecular weight is 398 g/mol. The van der Waals surface area contributed by atoms with Crippen molar-refractivity contribution in [3.8, 4) is 0 Å². The van der Waals surface area contributed by atoms with Crippen molar-refractivity contribution in [1.29, 1.82) is 0 Å². The maximum atomic E-state index is 6.16. The summed E-state index contributed by atoms with van der Waals surface area (Å²) in [4.78, 5) is 0. The Bertz CT molecular complexity index is 879. The summed E-state index contributed by atoms with van der Waals surface area (Å²) >= 11 is 19.6. The van der Waals surface area contributed by atoms with E-state index >= 15 is 0 Å². The van der Waals surface area contributed by atoms with Crippen LogP contribution >= 0.6 is 46.6 Å². The highest BCUT2D eigenvalue weighted by molar-refractivity contribution is 7.98. The first kappa shape index (κ1) is 17.3. The van der Waals surface area contributed by atoms with Crippen molar-refractivity contribution in [2.75, 3.05) is 0 Å². The Morgan fingerprint density at radius 2 is 1.88 bits per heavy atom. The van der Waals surface area contributed by atoms with Crippen LogP contribution in [0, 0.1) is 0 Å². The first-order valence-electron chi connectivity index (χ1n) is 6.89. The minimum absolute atomic E-state index is 0.484.